The maximum Gasteiger partial charge on any atom is 0.404 e. The van der Waals surface area contributed by atoms with Gasteiger partial charge in [0, 0.05) is 0 Å². The maximum atomic E-state index is 12.9. The van der Waals surface area contributed by atoms with Crippen LogP contribution >= 0.6 is 0 Å². The fourth-order valence-corrected chi connectivity index (χ4v) is 1.45. The van der Waals surface area contributed by atoms with Crippen LogP contribution in [0.1, 0.15) is 6.42 Å². The van der Waals surface area contributed by atoms with Gasteiger partial charge < -0.3 is 15.2 Å². The molecule has 0 aromatic heterocycles. The second kappa shape index (κ2) is 7.95. The zero-order valence-corrected chi connectivity index (χ0v) is 10.7. The SMILES string of the molecule is COC(=O)CN(CC(=O)OC)C(CCN)C(F)(F)F. The normalized spacial score (nSPS) is 13.2. The lowest BCUT2D eigenvalue weighted by Crippen LogP contribution is -2.51. The lowest BCUT2D eigenvalue weighted by molar-refractivity contribution is -0.190. The lowest BCUT2D eigenvalue weighted by atomic mass is 10.1. The van der Waals surface area contributed by atoms with Crippen molar-refractivity contribution in [2.45, 2.75) is 18.6 Å². The van der Waals surface area contributed by atoms with Gasteiger partial charge in [0.15, 0.2) is 0 Å². The molecule has 6 nitrogen and oxygen atoms in total. The third kappa shape index (κ3) is 6.39. The van der Waals surface area contributed by atoms with E-state index in [-0.39, 0.29) is 6.54 Å². The smallest absolute Gasteiger partial charge is 0.404 e. The summed E-state index contributed by atoms with van der Waals surface area (Å²) in [5.74, 6) is -1.76. The van der Waals surface area contributed by atoms with Gasteiger partial charge in [0.2, 0.25) is 0 Å². The van der Waals surface area contributed by atoms with Crippen LogP contribution in [0.4, 0.5) is 13.2 Å². The molecule has 0 spiro atoms. The number of carbonyl (C=O) groups excluding carboxylic acids is 2. The van der Waals surface area contributed by atoms with E-state index in [1.807, 2.05) is 0 Å². The molecule has 19 heavy (non-hydrogen) atoms. The van der Waals surface area contributed by atoms with E-state index in [2.05, 4.69) is 9.47 Å². The summed E-state index contributed by atoms with van der Waals surface area (Å²) >= 11 is 0. The van der Waals surface area contributed by atoms with Crippen LogP contribution in [0.15, 0.2) is 0 Å². The number of esters is 2. The quantitative estimate of drug-likeness (QED) is 0.659. The van der Waals surface area contributed by atoms with E-state index in [1.165, 1.54) is 0 Å². The fraction of sp³-hybridized carbons (Fsp3) is 0.800. The van der Waals surface area contributed by atoms with E-state index < -0.39 is 43.7 Å². The Bertz CT molecular complexity index is 292. The molecule has 0 aromatic carbocycles. The van der Waals surface area contributed by atoms with E-state index in [4.69, 9.17) is 5.73 Å². The number of methoxy groups -OCH3 is 2. The van der Waals surface area contributed by atoms with Crippen LogP contribution in [-0.2, 0) is 19.1 Å². The predicted molar refractivity (Wildman–Crippen MR) is 59.1 cm³/mol. The first-order valence-electron chi connectivity index (χ1n) is 5.40. The Morgan fingerprint density at radius 1 is 1.16 bits per heavy atom. The second-order valence-corrected chi connectivity index (χ2v) is 3.69. The average molecular weight is 286 g/mol. The summed E-state index contributed by atoms with van der Waals surface area (Å²) in [6, 6.07) is -2.00. The molecule has 0 aliphatic heterocycles. The summed E-state index contributed by atoms with van der Waals surface area (Å²) in [4.78, 5) is 22.9. The highest BCUT2D eigenvalue weighted by molar-refractivity contribution is 5.75. The molecule has 0 aliphatic rings. The highest BCUT2D eigenvalue weighted by Gasteiger charge is 2.44. The third-order valence-electron chi connectivity index (χ3n) is 2.38. The lowest BCUT2D eigenvalue weighted by Gasteiger charge is -2.31. The molecule has 0 aromatic rings. The van der Waals surface area contributed by atoms with Crippen LogP contribution in [0, 0.1) is 0 Å². The number of nitrogens with zero attached hydrogens (tertiary/aromatic N) is 1. The number of halogens is 3. The van der Waals surface area contributed by atoms with E-state index >= 15 is 0 Å². The van der Waals surface area contributed by atoms with E-state index in [9.17, 15) is 22.8 Å². The van der Waals surface area contributed by atoms with Crippen LogP contribution in [0.3, 0.4) is 0 Å². The maximum absolute atomic E-state index is 12.9. The largest absolute Gasteiger partial charge is 0.468 e. The number of hydrogen-bond acceptors (Lipinski definition) is 6. The van der Waals surface area contributed by atoms with Crippen LogP contribution in [-0.4, -0.2) is 62.9 Å². The molecule has 112 valence electrons. The minimum atomic E-state index is -4.61. The minimum absolute atomic E-state index is 0.233. The van der Waals surface area contributed by atoms with Crippen molar-refractivity contribution < 1.29 is 32.2 Å². The van der Waals surface area contributed by atoms with Gasteiger partial charge in [0.05, 0.1) is 27.3 Å². The Hall–Kier alpha value is -1.35. The Balaban J connectivity index is 5.03. The third-order valence-corrected chi connectivity index (χ3v) is 2.38. The van der Waals surface area contributed by atoms with Crippen molar-refractivity contribution in [3.63, 3.8) is 0 Å². The number of hydrogen-bond donors (Lipinski definition) is 1. The van der Waals surface area contributed by atoms with Gasteiger partial charge in [-0.1, -0.05) is 0 Å². The molecule has 2 N–H and O–H groups in total. The molecule has 0 bridgehead atoms. The first-order valence-corrected chi connectivity index (χ1v) is 5.40. The van der Waals surface area contributed by atoms with Gasteiger partial charge in [-0.05, 0) is 13.0 Å². The molecule has 0 saturated carbocycles. The minimum Gasteiger partial charge on any atom is -0.468 e. The van der Waals surface area contributed by atoms with E-state index in [0.29, 0.717) is 4.90 Å². The van der Waals surface area contributed by atoms with Gasteiger partial charge in [-0.25, -0.2) is 0 Å². The predicted octanol–water partition coefficient (Wildman–Crippen LogP) is -0.0859. The van der Waals surface area contributed by atoms with E-state index in [0.717, 1.165) is 14.2 Å². The van der Waals surface area contributed by atoms with Gasteiger partial charge in [-0.15, -0.1) is 0 Å². The van der Waals surface area contributed by atoms with Crippen LogP contribution in [0.2, 0.25) is 0 Å². The fourth-order valence-electron chi connectivity index (χ4n) is 1.45. The first-order chi connectivity index (χ1) is 8.76. The number of carbonyl (C=O) groups is 2. The van der Waals surface area contributed by atoms with Crippen LogP contribution in [0.5, 0.6) is 0 Å². The van der Waals surface area contributed by atoms with Crippen LogP contribution in [0.25, 0.3) is 0 Å². The Labute approximate surface area is 108 Å². The second-order valence-electron chi connectivity index (χ2n) is 3.69. The number of alkyl halides is 3. The summed E-state index contributed by atoms with van der Waals surface area (Å²) < 4.78 is 47.2. The summed E-state index contributed by atoms with van der Waals surface area (Å²) in [6.45, 7) is -1.57. The van der Waals surface area contributed by atoms with Crippen molar-refractivity contribution >= 4 is 11.9 Å². The molecule has 0 heterocycles. The van der Waals surface area contributed by atoms with Gasteiger partial charge in [-0.2, -0.15) is 13.2 Å². The molecular weight excluding hydrogens is 269 g/mol. The Kier molecular flexibility index (Phi) is 7.38. The Morgan fingerprint density at radius 3 is 1.84 bits per heavy atom. The molecule has 0 amide bonds. The topological polar surface area (TPSA) is 81.9 Å². The monoisotopic (exact) mass is 286 g/mol. The molecule has 1 unspecified atom stereocenters. The van der Waals surface area contributed by atoms with Crippen molar-refractivity contribution in [1.82, 2.24) is 4.90 Å². The van der Waals surface area contributed by atoms with Crippen molar-refractivity contribution in [2.75, 3.05) is 33.9 Å². The highest BCUT2D eigenvalue weighted by Crippen LogP contribution is 2.27. The number of ether oxygens (including phenoxy) is 2. The average Bonchev–Trinajstić information content (AvgIpc) is 2.33. The number of nitrogens with two attached hydrogens (primary N) is 1. The summed E-state index contributed by atoms with van der Waals surface area (Å²) in [5, 5.41) is 0. The summed E-state index contributed by atoms with van der Waals surface area (Å²) in [7, 11) is 2.09. The van der Waals surface area contributed by atoms with Gasteiger partial charge in [-0.3, -0.25) is 14.5 Å². The first kappa shape index (κ1) is 17.6. The summed E-state index contributed by atoms with van der Waals surface area (Å²) in [5.41, 5.74) is 5.13. The highest BCUT2D eigenvalue weighted by atomic mass is 19.4. The molecular formula is C10H17F3N2O4. The van der Waals surface area contributed by atoms with Crippen molar-refractivity contribution in [1.29, 1.82) is 0 Å². The Morgan fingerprint density at radius 2 is 1.58 bits per heavy atom. The molecule has 0 fully saturated rings. The molecule has 0 radical (unpaired) electrons. The number of rotatable bonds is 7. The zero-order chi connectivity index (χ0) is 15.1. The zero-order valence-electron chi connectivity index (χ0n) is 10.7. The summed E-state index contributed by atoms with van der Waals surface area (Å²) in [6.07, 6.45) is -5.04. The van der Waals surface area contributed by atoms with Gasteiger partial charge >= 0.3 is 18.1 Å². The standard InChI is InChI=1S/C10H17F3N2O4/c1-18-8(16)5-15(6-9(17)19-2)7(3-4-14)10(11,12)13/h7H,3-6,14H2,1-2H3. The van der Waals surface area contributed by atoms with Crippen molar-refractivity contribution in [2.24, 2.45) is 5.73 Å². The molecule has 1 atom stereocenters. The van der Waals surface area contributed by atoms with Crippen molar-refractivity contribution in [3.8, 4) is 0 Å². The van der Waals surface area contributed by atoms with Crippen molar-refractivity contribution in [3.05, 3.63) is 0 Å². The molecule has 0 rings (SSSR count). The molecule has 0 saturated heterocycles. The van der Waals surface area contributed by atoms with Gasteiger partial charge in [0.25, 0.3) is 0 Å². The van der Waals surface area contributed by atoms with Crippen LogP contribution < -0.4 is 5.73 Å². The van der Waals surface area contributed by atoms with E-state index in [1.54, 1.807) is 0 Å². The molecule has 9 heteroatoms. The van der Waals surface area contributed by atoms with Gasteiger partial charge in [0.1, 0.15) is 6.04 Å². The molecule has 0 aliphatic carbocycles.